The lowest BCUT2D eigenvalue weighted by Crippen LogP contribution is -2.42. The van der Waals surface area contributed by atoms with E-state index in [1.54, 1.807) is 35.6 Å². The molecule has 0 aliphatic heterocycles. The third kappa shape index (κ3) is 5.65. The van der Waals surface area contributed by atoms with Crippen LogP contribution in [-0.4, -0.2) is 11.8 Å². The lowest BCUT2D eigenvalue weighted by atomic mass is 10.1. The topological polar surface area (TPSA) is 67.4 Å². The first kappa shape index (κ1) is 18.6. The highest BCUT2D eigenvalue weighted by Gasteiger charge is 2.09. The number of ether oxygens (including phenoxy) is 1. The third-order valence-electron chi connectivity index (χ3n) is 3.65. The van der Waals surface area contributed by atoms with E-state index >= 15 is 0 Å². The van der Waals surface area contributed by atoms with E-state index in [0.717, 1.165) is 4.88 Å². The number of halogens is 1. The molecule has 0 radical (unpaired) electrons. The van der Waals surface area contributed by atoms with Crippen LogP contribution in [0, 0.1) is 5.82 Å². The van der Waals surface area contributed by atoms with Crippen LogP contribution < -0.4 is 15.6 Å². The van der Waals surface area contributed by atoms with Crippen LogP contribution in [0.15, 0.2) is 66.0 Å². The van der Waals surface area contributed by atoms with Crippen molar-refractivity contribution in [3.05, 3.63) is 87.9 Å². The average molecular weight is 384 g/mol. The van der Waals surface area contributed by atoms with E-state index in [2.05, 4.69) is 10.9 Å². The van der Waals surface area contributed by atoms with Crippen molar-refractivity contribution in [2.45, 2.75) is 13.0 Å². The van der Waals surface area contributed by atoms with Gasteiger partial charge in [-0.1, -0.05) is 24.3 Å². The number of benzene rings is 2. The minimum Gasteiger partial charge on any atom is -0.488 e. The summed E-state index contributed by atoms with van der Waals surface area (Å²) in [5, 5.41) is 1.97. The highest BCUT2D eigenvalue weighted by molar-refractivity contribution is 7.09. The Hall–Kier alpha value is -3.19. The number of hydrazine groups is 1. The fraction of sp³-hybridized carbons (Fsp3) is 0.100. The summed E-state index contributed by atoms with van der Waals surface area (Å²) in [4.78, 5) is 25.2. The monoisotopic (exact) mass is 384 g/mol. The van der Waals surface area contributed by atoms with Crippen LogP contribution >= 0.6 is 11.3 Å². The molecule has 0 saturated carbocycles. The predicted octanol–water partition coefficient (Wildman–Crippen LogP) is 3.47. The van der Waals surface area contributed by atoms with Crippen molar-refractivity contribution in [1.82, 2.24) is 10.9 Å². The van der Waals surface area contributed by atoms with Gasteiger partial charge in [0.15, 0.2) is 0 Å². The second-order valence-corrected chi connectivity index (χ2v) is 6.73. The molecule has 1 aromatic heterocycles. The van der Waals surface area contributed by atoms with Crippen LogP contribution in [-0.2, 0) is 17.8 Å². The highest BCUT2D eigenvalue weighted by Crippen LogP contribution is 2.17. The number of carbonyl (C=O) groups excluding carboxylic acids is 2. The van der Waals surface area contributed by atoms with Crippen molar-refractivity contribution in [3.8, 4) is 5.75 Å². The maximum atomic E-state index is 12.9. The fourth-order valence-corrected chi connectivity index (χ4v) is 2.92. The molecule has 2 N–H and O–H groups in total. The van der Waals surface area contributed by atoms with E-state index in [0.29, 0.717) is 23.5 Å². The van der Waals surface area contributed by atoms with Crippen LogP contribution in [0.4, 0.5) is 4.39 Å². The van der Waals surface area contributed by atoms with E-state index in [-0.39, 0.29) is 12.2 Å². The summed E-state index contributed by atoms with van der Waals surface area (Å²) < 4.78 is 18.5. The molecule has 27 heavy (non-hydrogen) atoms. The van der Waals surface area contributed by atoms with Gasteiger partial charge in [0.25, 0.3) is 5.91 Å². The van der Waals surface area contributed by atoms with Gasteiger partial charge in [-0.3, -0.25) is 20.4 Å². The normalized spacial score (nSPS) is 10.3. The molecule has 0 aliphatic rings. The van der Waals surface area contributed by atoms with E-state index in [1.165, 1.54) is 24.3 Å². The summed E-state index contributed by atoms with van der Waals surface area (Å²) in [6.07, 6.45) is 0.0323. The minimum absolute atomic E-state index is 0.0323. The molecule has 0 fully saturated rings. The zero-order valence-electron chi connectivity index (χ0n) is 14.3. The number of nitrogens with one attached hydrogen (secondary N) is 2. The van der Waals surface area contributed by atoms with Gasteiger partial charge in [-0.05, 0) is 47.3 Å². The number of carbonyl (C=O) groups is 2. The van der Waals surface area contributed by atoms with Crippen LogP contribution in [0.3, 0.4) is 0 Å². The first-order valence-corrected chi connectivity index (χ1v) is 9.07. The van der Waals surface area contributed by atoms with Gasteiger partial charge in [0, 0.05) is 10.4 Å². The Labute approximate surface area is 159 Å². The Morgan fingerprint density at radius 3 is 2.56 bits per heavy atom. The average Bonchev–Trinajstić information content (AvgIpc) is 3.20. The standard InChI is InChI=1S/C20H17FN2O3S/c21-16-8-6-14(7-9-16)11-19(24)22-23-20(25)15-3-1-4-17(12-15)26-13-18-5-2-10-27-18/h1-10,12H,11,13H2,(H,22,24)(H,23,25). The number of thiophene rings is 1. The first-order valence-electron chi connectivity index (χ1n) is 8.19. The Balaban J connectivity index is 1.50. The summed E-state index contributed by atoms with van der Waals surface area (Å²) in [5.41, 5.74) is 5.71. The second kappa shape index (κ2) is 8.95. The summed E-state index contributed by atoms with van der Waals surface area (Å²) >= 11 is 1.59. The fourth-order valence-electron chi connectivity index (χ4n) is 2.31. The van der Waals surface area contributed by atoms with E-state index in [9.17, 15) is 14.0 Å². The first-order chi connectivity index (χ1) is 13.1. The molecule has 7 heteroatoms. The molecule has 0 spiro atoms. The van der Waals surface area contributed by atoms with Gasteiger partial charge < -0.3 is 4.74 Å². The third-order valence-corrected chi connectivity index (χ3v) is 4.50. The maximum absolute atomic E-state index is 12.9. The van der Waals surface area contributed by atoms with Gasteiger partial charge in [0.2, 0.25) is 5.91 Å². The largest absolute Gasteiger partial charge is 0.488 e. The summed E-state index contributed by atoms with van der Waals surface area (Å²) in [5.74, 6) is -0.661. The molecule has 0 saturated heterocycles. The molecular formula is C20H17FN2O3S. The highest BCUT2D eigenvalue weighted by atomic mass is 32.1. The van der Waals surface area contributed by atoms with Gasteiger partial charge in [-0.25, -0.2) is 4.39 Å². The van der Waals surface area contributed by atoms with Gasteiger partial charge >= 0.3 is 0 Å². The quantitative estimate of drug-likeness (QED) is 0.640. The van der Waals surface area contributed by atoms with Gasteiger partial charge in [0.05, 0.1) is 6.42 Å². The Morgan fingerprint density at radius 1 is 1.00 bits per heavy atom. The number of amides is 2. The Bertz CT molecular complexity index is 911. The molecule has 3 aromatic rings. The molecule has 0 unspecified atom stereocenters. The van der Waals surface area contributed by atoms with Crippen molar-refractivity contribution in [2.75, 3.05) is 0 Å². The van der Waals surface area contributed by atoms with E-state index in [4.69, 9.17) is 4.74 Å². The van der Waals surface area contributed by atoms with Crippen molar-refractivity contribution in [2.24, 2.45) is 0 Å². The number of rotatable bonds is 6. The van der Waals surface area contributed by atoms with Crippen molar-refractivity contribution in [3.63, 3.8) is 0 Å². The molecule has 0 aliphatic carbocycles. The molecule has 0 bridgehead atoms. The summed E-state index contributed by atoms with van der Waals surface area (Å²) in [6, 6.07) is 16.2. The lowest BCUT2D eigenvalue weighted by molar-refractivity contribution is -0.121. The lowest BCUT2D eigenvalue weighted by Gasteiger charge is -2.09. The number of hydrogen-bond donors (Lipinski definition) is 2. The van der Waals surface area contributed by atoms with Gasteiger partial charge in [-0.15, -0.1) is 11.3 Å². The van der Waals surface area contributed by atoms with Crippen LogP contribution in [0.25, 0.3) is 0 Å². The van der Waals surface area contributed by atoms with E-state index in [1.807, 2.05) is 17.5 Å². The molecule has 3 rings (SSSR count). The summed E-state index contributed by atoms with van der Waals surface area (Å²) in [6.45, 7) is 0.428. The predicted molar refractivity (Wildman–Crippen MR) is 101 cm³/mol. The molecule has 138 valence electrons. The van der Waals surface area contributed by atoms with Crippen molar-refractivity contribution >= 4 is 23.2 Å². The number of hydrogen-bond acceptors (Lipinski definition) is 4. The molecular weight excluding hydrogens is 367 g/mol. The zero-order chi connectivity index (χ0) is 19.1. The van der Waals surface area contributed by atoms with Gasteiger partial charge in [-0.2, -0.15) is 0 Å². The molecule has 1 heterocycles. The Kier molecular flexibility index (Phi) is 6.17. The summed E-state index contributed by atoms with van der Waals surface area (Å²) in [7, 11) is 0. The van der Waals surface area contributed by atoms with Crippen molar-refractivity contribution < 1.29 is 18.7 Å². The van der Waals surface area contributed by atoms with Crippen LogP contribution in [0.2, 0.25) is 0 Å². The zero-order valence-corrected chi connectivity index (χ0v) is 15.1. The maximum Gasteiger partial charge on any atom is 0.269 e. The van der Waals surface area contributed by atoms with Crippen molar-refractivity contribution in [1.29, 1.82) is 0 Å². The van der Waals surface area contributed by atoms with Crippen LogP contribution in [0.5, 0.6) is 5.75 Å². The molecule has 2 amide bonds. The molecule has 5 nitrogen and oxygen atoms in total. The smallest absolute Gasteiger partial charge is 0.269 e. The Morgan fingerprint density at radius 2 is 1.81 bits per heavy atom. The van der Waals surface area contributed by atoms with Gasteiger partial charge in [0.1, 0.15) is 18.2 Å². The second-order valence-electron chi connectivity index (χ2n) is 5.70. The molecule has 0 atom stereocenters. The molecule has 2 aromatic carbocycles. The van der Waals surface area contributed by atoms with E-state index < -0.39 is 11.8 Å². The van der Waals surface area contributed by atoms with Crippen LogP contribution in [0.1, 0.15) is 20.8 Å². The SMILES string of the molecule is O=C(Cc1ccc(F)cc1)NNC(=O)c1cccc(OCc2cccs2)c1. The minimum atomic E-state index is -0.455.